The average molecular weight is 224 g/mol. The summed E-state index contributed by atoms with van der Waals surface area (Å²) in [7, 11) is 4.52. The van der Waals surface area contributed by atoms with Gasteiger partial charge in [0.05, 0.1) is 27.8 Å². The van der Waals surface area contributed by atoms with E-state index < -0.39 is 5.91 Å². The van der Waals surface area contributed by atoms with E-state index in [2.05, 4.69) is 0 Å². The number of amides is 1. The molecule has 0 saturated carbocycles. The van der Waals surface area contributed by atoms with E-state index in [1.54, 1.807) is 12.1 Å². The van der Waals surface area contributed by atoms with E-state index in [1.165, 1.54) is 21.3 Å². The van der Waals surface area contributed by atoms with Gasteiger partial charge in [-0.1, -0.05) is 0 Å². The molecule has 5 nitrogen and oxygen atoms in total. The maximum atomic E-state index is 10.7. The van der Waals surface area contributed by atoms with Crippen molar-refractivity contribution in [2.24, 2.45) is 0 Å². The summed E-state index contributed by atoms with van der Waals surface area (Å²) in [5.41, 5.74) is 7.58. The van der Waals surface area contributed by atoms with Crippen LogP contribution in [0.25, 0.3) is 0 Å². The van der Waals surface area contributed by atoms with E-state index in [0.29, 0.717) is 22.8 Å². The van der Waals surface area contributed by atoms with Crippen LogP contribution in [0.3, 0.4) is 0 Å². The largest absolute Gasteiger partial charge is 0.493 e. The fraction of sp³-hybridized carbons (Fsp3) is 0.364. The molecule has 0 aliphatic rings. The highest BCUT2D eigenvalue weighted by Crippen LogP contribution is 2.38. The number of nitrogens with one attached hydrogen (secondary N) is 1. The maximum Gasteiger partial charge on any atom is 0.242 e. The molecule has 0 aliphatic carbocycles. The van der Waals surface area contributed by atoms with Crippen LogP contribution in [0.5, 0.6) is 17.2 Å². The van der Waals surface area contributed by atoms with E-state index in [0.717, 1.165) is 0 Å². The zero-order valence-electron chi connectivity index (χ0n) is 9.49. The quantitative estimate of drug-likeness (QED) is 0.750. The second-order valence-electron chi connectivity index (χ2n) is 3.13. The van der Waals surface area contributed by atoms with Crippen molar-refractivity contribution in [3.63, 3.8) is 0 Å². The van der Waals surface area contributed by atoms with Crippen LogP contribution in [0.15, 0.2) is 12.1 Å². The van der Waals surface area contributed by atoms with Gasteiger partial charge in [0.25, 0.3) is 0 Å². The van der Waals surface area contributed by atoms with Crippen LogP contribution < -0.4 is 19.9 Å². The number of carbonyl (C=O) groups excluding carboxylic acids is 1. The topological polar surface area (TPSA) is 68.6 Å². The highest BCUT2D eigenvalue weighted by Gasteiger charge is 2.13. The minimum absolute atomic E-state index is 0.0245. The summed E-state index contributed by atoms with van der Waals surface area (Å²) in [4.78, 5) is 10.7. The zero-order valence-corrected chi connectivity index (χ0v) is 9.49. The molecule has 1 aromatic carbocycles. The third-order valence-electron chi connectivity index (χ3n) is 2.09. The number of rotatable bonds is 5. The summed E-state index contributed by atoms with van der Waals surface area (Å²) in [5.74, 6) is 0.789. The molecule has 1 aromatic rings. The van der Waals surface area contributed by atoms with Crippen molar-refractivity contribution in [1.29, 1.82) is 0 Å². The van der Waals surface area contributed by atoms with Gasteiger partial charge in [-0.25, -0.2) is 0 Å². The van der Waals surface area contributed by atoms with Crippen LogP contribution in [0.2, 0.25) is 0 Å². The molecule has 0 saturated heterocycles. The van der Waals surface area contributed by atoms with E-state index >= 15 is 0 Å². The van der Waals surface area contributed by atoms with Gasteiger partial charge in [-0.2, -0.15) is 0 Å². The molecule has 0 aromatic heterocycles. The van der Waals surface area contributed by atoms with E-state index in [-0.39, 0.29) is 6.42 Å². The van der Waals surface area contributed by atoms with Gasteiger partial charge < -0.3 is 14.2 Å². The third-order valence-corrected chi connectivity index (χ3v) is 2.09. The Kier molecular flexibility index (Phi) is 3.99. The van der Waals surface area contributed by atoms with E-state index in [4.69, 9.17) is 19.9 Å². The van der Waals surface area contributed by atoms with Crippen LogP contribution in [0.1, 0.15) is 5.56 Å². The number of ether oxygens (including phenoxy) is 3. The number of carbonyl (C=O) groups is 1. The first-order chi connectivity index (χ1) is 7.62. The highest BCUT2D eigenvalue weighted by atomic mass is 16.5. The first kappa shape index (κ1) is 12.2. The summed E-state index contributed by atoms with van der Waals surface area (Å²) in [6.07, 6.45) is 0.0245. The third kappa shape index (κ3) is 2.56. The molecule has 0 unspecified atom stereocenters. The van der Waals surface area contributed by atoms with Gasteiger partial charge in [0.2, 0.25) is 11.7 Å². The second kappa shape index (κ2) is 5.25. The predicted molar refractivity (Wildman–Crippen MR) is 57.9 cm³/mol. The maximum absolute atomic E-state index is 10.7. The Balaban J connectivity index is 3.20. The molecular formula is C11H14NO4. The fourth-order valence-electron chi connectivity index (χ4n) is 1.42. The Bertz CT molecular complexity index is 365. The Hall–Kier alpha value is -1.91. The van der Waals surface area contributed by atoms with Crippen LogP contribution in [0.4, 0.5) is 0 Å². The van der Waals surface area contributed by atoms with Crippen molar-refractivity contribution < 1.29 is 19.0 Å². The smallest absolute Gasteiger partial charge is 0.242 e. The average Bonchev–Trinajstić information content (AvgIpc) is 2.26. The molecule has 5 heteroatoms. The first-order valence-corrected chi connectivity index (χ1v) is 4.65. The van der Waals surface area contributed by atoms with Crippen molar-refractivity contribution in [2.75, 3.05) is 21.3 Å². The Morgan fingerprint density at radius 3 is 1.94 bits per heavy atom. The van der Waals surface area contributed by atoms with Gasteiger partial charge in [-0.15, -0.1) is 0 Å². The number of hydrogen-bond donors (Lipinski definition) is 0. The van der Waals surface area contributed by atoms with Crippen molar-refractivity contribution in [3.05, 3.63) is 17.7 Å². The first-order valence-electron chi connectivity index (χ1n) is 4.65. The van der Waals surface area contributed by atoms with Crippen LogP contribution in [-0.4, -0.2) is 27.2 Å². The normalized spacial score (nSPS) is 9.69. The standard InChI is InChI=1S/C11H14NO4/c1-14-8-4-7(6-10(12)13)5-9(15-2)11(8)16-3/h4-5,12H,6H2,1-3H3. The zero-order chi connectivity index (χ0) is 12.1. The number of hydrogen-bond acceptors (Lipinski definition) is 4. The second-order valence-corrected chi connectivity index (χ2v) is 3.13. The lowest BCUT2D eigenvalue weighted by atomic mass is 10.1. The van der Waals surface area contributed by atoms with Crippen molar-refractivity contribution in [3.8, 4) is 17.2 Å². The van der Waals surface area contributed by atoms with E-state index in [9.17, 15) is 4.79 Å². The molecule has 1 N–H and O–H groups in total. The lowest BCUT2D eigenvalue weighted by Crippen LogP contribution is -2.04. The predicted octanol–water partition coefficient (Wildman–Crippen LogP) is 1.06. The fourth-order valence-corrected chi connectivity index (χ4v) is 1.42. The van der Waals surface area contributed by atoms with Crippen molar-refractivity contribution in [2.45, 2.75) is 6.42 Å². The van der Waals surface area contributed by atoms with Gasteiger partial charge in [0.1, 0.15) is 0 Å². The highest BCUT2D eigenvalue weighted by molar-refractivity contribution is 5.76. The minimum Gasteiger partial charge on any atom is -0.493 e. The summed E-state index contributed by atoms with van der Waals surface area (Å²) in [5, 5.41) is 0. The summed E-state index contributed by atoms with van der Waals surface area (Å²) in [6.45, 7) is 0. The Labute approximate surface area is 94.1 Å². The SMILES string of the molecule is COc1cc(CC([NH])=O)cc(OC)c1OC. The molecule has 87 valence electrons. The Morgan fingerprint density at radius 2 is 1.62 bits per heavy atom. The van der Waals surface area contributed by atoms with Crippen molar-refractivity contribution >= 4 is 5.91 Å². The molecule has 1 rings (SSSR count). The Morgan fingerprint density at radius 1 is 1.12 bits per heavy atom. The van der Waals surface area contributed by atoms with Crippen LogP contribution in [-0.2, 0) is 11.2 Å². The van der Waals surface area contributed by atoms with Gasteiger partial charge >= 0.3 is 0 Å². The monoisotopic (exact) mass is 224 g/mol. The number of benzene rings is 1. The van der Waals surface area contributed by atoms with Gasteiger partial charge in [-0.3, -0.25) is 10.5 Å². The molecule has 0 aliphatic heterocycles. The van der Waals surface area contributed by atoms with E-state index in [1.807, 2.05) is 0 Å². The molecule has 0 heterocycles. The molecule has 0 fully saturated rings. The van der Waals surface area contributed by atoms with Gasteiger partial charge in [0, 0.05) is 0 Å². The molecule has 1 radical (unpaired) electrons. The molecule has 0 atom stereocenters. The van der Waals surface area contributed by atoms with Gasteiger partial charge in [-0.05, 0) is 17.7 Å². The number of methoxy groups -OCH3 is 3. The lowest BCUT2D eigenvalue weighted by molar-refractivity contribution is -0.118. The van der Waals surface area contributed by atoms with Gasteiger partial charge in [0.15, 0.2) is 11.5 Å². The molecule has 16 heavy (non-hydrogen) atoms. The summed E-state index contributed by atoms with van der Waals surface area (Å²) < 4.78 is 15.4. The molecule has 0 bridgehead atoms. The molecule has 1 amide bonds. The van der Waals surface area contributed by atoms with Crippen LogP contribution >= 0.6 is 0 Å². The summed E-state index contributed by atoms with van der Waals surface area (Å²) in [6, 6.07) is 3.32. The minimum atomic E-state index is -0.658. The lowest BCUT2D eigenvalue weighted by Gasteiger charge is -2.13. The van der Waals surface area contributed by atoms with Crippen molar-refractivity contribution in [1.82, 2.24) is 5.73 Å². The molecule has 0 spiro atoms. The summed E-state index contributed by atoms with van der Waals surface area (Å²) >= 11 is 0. The molecular weight excluding hydrogens is 210 g/mol. The van der Waals surface area contributed by atoms with Crippen LogP contribution in [0, 0.1) is 0 Å².